The average Bonchev–Trinajstić information content (AvgIpc) is 3.01. The second-order valence-electron chi connectivity index (χ2n) is 5.62. The Balaban J connectivity index is 1.90. The molecule has 5 nitrogen and oxygen atoms in total. The predicted octanol–water partition coefficient (Wildman–Crippen LogP) is 3.79. The Morgan fingerprint density at radius 1 is 1.04 bits per heavy atom. The molecule has 0 amide bonds. The third-order valence-electron chi connectivity index (χ3n) is 3.93. The lowest BCUT2D eigenvalue weighted by atomic mass is 10.1. The molecule has 0 aliphatic heterocycles. The van der Waals surface area contributed by atoms with Gasteiger partial charge in [0.1, 0.15) is 11.2 Å². The normalized spacial score (nSPS) is 11.8. The van der Waals surface area contributed by atoms with E-state index < -0.39 is 11.7 Å². The fraction of sp³-hybridized carbons (Fsp3) is 0.0556. The van der Waals surface area contributed by atoms with E-state index >= 15 is 0 Å². The summed E-state index contributed by atoms with van der Waals surface area (Å²) in [6.45, 7) is 0. The van der Waals surface area contributed by atoms with Crippen LogP contribution in [0, 0.1) is 0 Å². The molecule has 26 heavy (non-hydrogen) atoms. The van der Waals surface area contributed by atoms with Crippen molar-refractivity contribution in [1.29, 1.82) is 0 Å². The summed E-state index contributed by atoms with van der Waals surface area (Å²) in [6, 6.07) is 11.3. The molecule has 4 aromatic rings. The van der Waals surface area contributed by atoms with Gasteiger partial charge in [-0.1, -0.05) is 12.1 Å². The number of hydrogen-bond acceptors (Lipinski definition) is 3. The van der Waals surface area contributed by atoms with E-state index in [9.17, 15) is 18.0 Å². The number of alkyl halides is 3. The first kappa shape index (κ1) is 16.1. The number of hydrogen-bond donors (Lipinski definition) is 1. The van der Waals surface area contributed by atoms with Crippen LogP contribution >= 0.6 is 0 Å². The quantitative estimate of drug-likeness (QED) is 0.594. The molecule has 8 heteroatoms. The number of halogens is 3. The van der Waals surface area contributed by atoms with Gasteiger partial charge in [-0.25, -0.2) is 4.68 Å². The molecule has 130 valence electrons. The predicted molar refractivity (Wildman–Crippen MR) is 89.9 cm³/mol. The Morgan fingerprint density at radius 3 is 2.50 bits per heavy atom. The van der Waals surface area contributed by atoms with Crippen molar-refractivity contribution in [2.75, 3.05) is 0 Å². The van der Waals surface area contributed by atoms with E-state index in [4.69, 9.17) is 0 Å². The van der Waals surface area contributed by atoms with E-state index in [2.05, 4.69) is 15.1 Å². The number of rotatable bonds is 2. The lowest BCUT2D eigenvalue weighted by molar-refractivity contribution is -0.137. The van der Waals surface area contributed by atoms with Crippen molar-refractivity contribution in [2.24, 2.45) is 0 Å². The van der Waals surface area contributed by atoms with Gasteiger partial charge in [0.2, 0.25) is 5.56 Å². The van der Waals surface area contributed by atoms with Crippen molar-refractivity contribution in [3.63, 3.8) is 0 Å². The Bertz CT molecular complexity index is 1140. The maximum atomic E-state index is 12.8. The summed E-state index contributed by atoms with van der Waals surface area (Å²) in [5.74, 6) is 0. The summed E-state index contributed by atoms with van der Waals surface area (Å²) < 4.78 is 39.9. The van der Waals surface area contributed by atoms with Crippen LogP contribution in [-0.2, 0) is 6.18 Å². The Kier molecular flexibility index (Phi) is 3.61. The molecule has 0 radical (unpaired) electrons. The minimum Gasteiger partial charge on any atom is -0.329 e. The molecule has 0 fully saturated rings. The van der Waals surface area contributed by atoms with Crippen LogP contribution in [0.4, 0.5) is 13.2 Å². The number of H-pyrrole nitrogens is 1. The molecule has 0 saturated heterocycles. The topological polar surface area (TPSA) is 63.6 Å². The maximum Gasteiger partial charge on any atom is 0.416 e. The molecule has 0 unspecified atom stereocenters. The highest BCUT2D eigenvalue weighted by Gasteiger charge is 2.30. The van der Waals surface area contributed by atoms with Crippen molar-refractivity contribution in [3.8, 4) is 16.9 Å². The van der Waals surface area contributed by atoms with Crippen LogP contribution in [0.3, 0.4) is 0 Å². The summed E-state index contributed by atoms with van der Waals surface area (Å²) in [4.78, 5) is 18.4. The summed E-state index contributed by atoms with van der Waals surface area (Å²) >= 11 is 0. The van der Waals surface area contributed by atoms with E-state index in [0.29, 0.717) is 28.0 Å². The van der Waals surface area contributed by atoms with Gasteiger partial charge in [0.05, 0.1) is 16.8 Å². The zero-order valence-corrected chi connectivity index (χ0v) is 13.2. The third kappa shape index (κ3) is 2.75. The van der Waals surface area contributed by atoms with E-state index in [1.54, 1.807) is 29.1 Å². The van der Waals surface area contributed by atoms with Gasteiger partial charge >= 0.3 is 6.18 Å². The van der Waals surface area contributed by atoms with Crippen molar-refractivity contribution in [3.05, 3.63) is 76.8 Å². The second-order valence-corrected chi connectivity index (χ2v) is 5.62. The zero-order valence-electron chi connectivity index (χ0n) is 13.2. The first-order valence-electron chi connectivity index (χ1n) is 7.64. The molecule has 3 aromatic heterocycles. The van der Waals surface area contributed by atoms with Gasteiger partial charge in [-0.05, 0) is 30.3 Å². The van der Waals surface area contributed by atoms with Gasteiger partial charge < -0.3 is 4.98 Å². The van der Waals surface area contributed by atoms with Gasteiger partial charge in [-0.3, -0.25) is 9.78 Å². The number of nitrogens with one attached hydrogen (secondary N) is 1. The highest BCUT2D eigenvalue weighted by Crippen LogP contribution is 2.32. The minimum atomic E-state index is -4.40. The lowest BCUT2D eigenvalue weighted by Crippen LogP contribution is -2.06. The maximum absolute atomic E-state index is 12.8. The number of fused-ring (bicyclic) bond motifs is 1. The van der Waals surface area contributed by atoms with Crippen LogP contribution in [0.2, 0.25) is 0 Å². The fourth-order valence-electron chi connectivity index (χ4n) is 2.72. The fourth-order valence-corrected chi connectivity index (χ4v) is 2.72. The van der Waals surface area contributed by atoms with Crippen molar-refractivity contribution < 1.29 is 13.2 Å². The molecule has 3 heterocycles. The van der Waals surface area contributed by atoms with Crippen molar-refractivity contribution in [1.82, 2.24) is 19.7 Å². The highest BCUT2D eigenvalue weighted by molar-refractivity contribution is 5.90. The Hall–Kier alpha value is -3.42. The van der Waals surface area contributed by atoms with Crippen LogP contribution in [0.5, 0.6) is 0 Å². The highest BCUT2D eigenvalue weighted by atomic mass is 19.4. The molecule has 0 aliphatic rings. The Morgan fingerprint density at radius 2 is 1.81 bits per heavy atom. The average molecular weight is 356 g/mol. The lowest BCUT2D eigenvalue weighted by Gasteiger charge is -2.06. The molecular formula is C18H11F3N4O. The van der Waals surface area contributed by atoms with Crippen LogP contribution in [0.25, 0.3) is 28.0 Å². The van der Waals surface area contributed by atoms with E-state index in [1.807, 2.05) is 0 Å². The molecule has 0 atom stereocenters. The van der Waals surface area contributed by atoms with Crippen LogP contribution in [0.15, 0.2) is 65.7 Å². The summed E-state index contributed by atoms with van der Waals surface area (Å²) in [5.41, 5.74) is 1.64. The van der Waals surface area contributed by atoms with Gasteiger partial charge in [-0.2, -0.15) is 18.3 Å². The summed E-state index contributed by atoms with van der Waals surface area (Å²) in [7, 11) is 0. The molecular weight excluding hydrogens is 345 g/mol. The smallest absolute Gasteiger partial charge is 0.329 e. The van der Waals surface area contributed by atoms with Crippen LogP contribution in [0.1, 0.15) is 5.56 Å². The second kappa shape index (κ2) is 5.83. The van der Waals surface area contributed by atoms with Crippen molar-refractivity contribution in [2.45, 2.75) is 6.18 Å². The number of nitrogens with zero attached hydrogens (tertiary/aromatic N) is 3. The molecule has 0 aliphatic carbocycles. The van der Waals surface area contributed by atoms with E-state index in [-0.39, 0.29) is 5.56 Å². The largest absolute Gasteiger partial charge is 0.416 e. The number of aromatic nitrogens is 4. The number of pyridine rings is 2. The van der Waals surface area contributed by atoms with Crippen molar-refractivity contribution >= 4 is 11.0 Å². The third-order valence-corrected chi connectivity index (χ3v) is 3.93. The molecule has 1 N–H and O–H groups in total. The Labute approximate surface area is 144 Å². The molecule has 4 rings (SSSR count). The van der Waals surface area contributed by atoms with Gasteiger partial charge in [0.15, 0.2) is 0 Å². The molecule has 0 saturated carbocycles. The van der Waals surface area contributed by atoms with E-state index in [0.717, 1.165) is 12.1 Å². The number of aromatic amines is 1. The first-order valence-corrected chi connectivity index (χ1v) is 7.64. The minimum absolute atomic E-state index is 0.286. The zero-order chi connectivity index (χ0) is 18.3. The summed E-state index contributed by atoms with van der Waals surface area (Å²) in [5, 5.41) is 4.48. The van der Waals surface area contributed by atoms with E-state index in [1.165, 1.54) is 24.4 Å². The van der Waals surface area contributed by atoms with Gasteiger partial charge in [-0.15, -0.1) is 0 Å². The molecule has 0 bridgehead atoms. The molecule has 1 aromatic carbocycles. The standard InChI is InChI=1S/C18H11F3N4O/c19-18(20,21)12-5-3-11(4-6-12)16-17-14(2-1-8-23-17)25(24-16)13-7-9-22-15(26)10-13/h1-10H,(H,22,26). The van der Waals surface area contributed by atoms with Crippen LogP contribution < -0.4 is 5.56 Å². The molecule has 0 spiro atoms. The first-order chi connectivity index (χ1) is 12.4. The number of benzene rings is 1. The SMILES string of the molecule is O=c1cc(-n2nc(-c3ccc(C(F)(F)F)cc3)c3ncccc32)cc[nH]1. The van der Waals surface area contributed by atoms with Gasteiger partial charge in [0, 0.05) is 24.0 Å². The summed E-state index contributed by atoms with van der Waals surface area (Å²) in [6.07, 6.45) is -1.32. The monoisotopic (exact) mass is 356 g/mol. The van der Waals surface area contributed by atoms with Gasteiger partial charge in [0.25, 0.3) is 0 Å². The van der Waals surface area contributed by atoms with Crippen LogP contribution in [-0.4, -0.2) is 19.7 Å².